The molecule has 1 aliphatic heterocycles. The van der Waals surface area contributed by atoms with Gasteiger partial charge in [-0.3, -0.25) is 9.89 Å². The number of benzene rings is 3. The fourth-order valence-corrected chi connectivity index (χ4v) is 3.81. The van der Waals surface area contributed by atoms with Gasteiger partial charge in [0.25, 0.3) is 5.91 Å². The van der Waals surface area contributed by atoms with Gasteiger partial charge in [0.15, 0.2) is 6.67 Å². The first-order chi connectivity index (χ1) is 17.2. The molecule has 5 rings (SSSR count). The molecule has 1 unspecified atom stereocenters. The number of nitrogens with zero attached hydrogens (tertiary/aromatic N) is 4. The maximum absolute atomic E-state index is 12.9. The van der Waals surface area contributed by atoms with Gasteiger partial charge in [-0.25, -0.2) is 5.01 Å². The van der Waals surface area contributed by atoms with Crippen molar-refractivity contribution in [3.8, 4) is 0 Å². The Balaban J connectivity index is 1.25. The number of carbonyl (C=O) groups excluding carboxylic acids is 1. The van der Waals surface area contributed by atoms with Crippen LogP contribution in [0.25, 0.3) is 0 Å². The number of carbonyl (C=O) groups is 1. The summed E-state index contributed by atoms with van der Waals surface area (Å²) in [7, 11) is 0. The first kappa shape index (κ1) is 22.1. The lowest BCUT2D eigenvalue weighted by Crippen LogP contribution is -2.29. The second-order valence-corrected chi connectivity index (χ2v) is 7.94. The van der Waals surface area contributed by atoms with Crippen molar-refractivity contribution in [1.82, 2.24) is 15.7 Å². The number of aromatic amines is 1. The molecule has 3 aromatic carbocycles. The number of H-pyrrole nitrogens is 1. The van der Waals surface area contributed by atoms with E-state index in [9.17, 15) is 9.90 Å². The molecule has 1 amide bonds. The van der Waals surface area contributed by atoms with E-state index in [0.717, 1.165) is 22.5 Å². The molecule has 1 aromatic heterocycles. The van der Waals surface area contributed by atoms with E-state index in [1.807, 2.05) is 78.9 Å². The highest BCUT2D eigenvalue weighted by Gasteiger charge is 2.17. The number of hydrogen-bond donors (Lipinski definition) is 5. The summed E-state index contributed by atoms with van der Waals surface area (Å²) in [6.07, 6.45) is 0.848. The third-order valence-corrected chi connectivity index (χ3v) is 5.66. The molecule has 0 aliphatic carbocycles. The maximum atomic E-state index is 12.9. The van der Waals surface area contributed by atoms with E-state index in [2.05, 4.69) is 36.7 Å². The average molecular weight is 469 g/mol. The number of nitrogens with one attached hydrogen (secondary N) is 4. The molecule has 2 heterocycles. The van der Waals surface area contributed by atoms with Crippen LogP contribution in [0.15, 0.2) is 95.4 Å². The van der Waals surface area contributed by atoms with Crippen LogP contribution in [0, 0.1) is 0 Å². The smallest absolute Gasteiger partial charge is 0.274 e. The lowest BCUT2D eigenvalue weighted by molar-refractivity contribution is 0.102. The lowest BCUT2D eigenvalue weighted by Gasteiger charge is -2.17. The summed E-state index contributed by atoms with van der Waals surface area (Å²) in [6, 6.07) is 24.4. The normalized spacial score (nSPS) is 13.3. The Morgan fingerprint density at radius 2 is 1.80 bits per heavy atom. The summed E-state index contributed by atoms with van der Waals surface area (Å²) in [4.78, 5) is 12.9. The molecule has 176 valence electrons. The third-order valence-electron chi connectivity index (χ3n) is 5.66. The third kappa shape index (κ3) is 4.97. The molecule has 0 spiro atoms. The molecular formula is C25H24N8O2. The molecule has 35 heavy (non-hydrogen) atoms. The minimum atomic E-state index is -0.770. The van der Waals surface area contributed by atoms with Crippen LogP contribution in [0.3, 0.4) is 0 Å². The molecule has 0 bridgehead atoms. The molecule has 1 atom stereocenters. The largest absolute Gasteiger partial charge is 0.384 e. The van der Waals surface area contributed by atoms with Crippen LogP contribution in [0.5, 0.6) is 0 Å². The van der Waals surface area contributed by atoms with Crippen LogP contribution in [-0.2, 0) is 6.54 Å². The van der Waals surface area contributed by atoms with Crippen molar-refractivity contribution in [2.24, 2.45) is 10.3 Å². The Morgan fingerprint density at radius 3 is 2.57 bits per heavy atom. The van der Waals surface area contributed by atoms with Crippen LogP contribution in [0.2, 0.25) is 0 Å². The zero-order valence-electron chi connectivity index (χ0n) is 18.7. The Bertz CT molecular complexity index is 1310. The van der Waals surface area contributed by atoms with Gasteiger partial charge < -0.3 is 15.7 Å². The molecule has 0 radical (unpaired) electrons. The fourth-order valence-electron chi connectivity index (χ4n) is 3.81. The topological polar surface area (TPSA) is 130 Å². The van der Waals surface area contributed by atoms with Crippen molar-refractivity contribution in [3.05, 3.63) is 107 Å². The number of aromatic nitrogens is 2. The van der Waals surface area contributed by atoms with E-state index in [0.29, 0.717) is 30.2 Å². The Labute approximate surface area is 201 Å². The van der Waals surface area contributed by atoms with Gasteiger partial charge in [0.1, 0.15) is 11.8 Å². The maximum Gasteiger partial charge on any atom is 0.274 e. The predicted molar refractivity (Wildman–Crippen MR) is 133 cm³/mol. The van der Waals surface area contributed by atoms with Gasteiger partial charge in [-0.15, -0.1) is 5.11 Å². The molecule has 0 saturated heterocycles. The monoisotopic (exact) mass is 468 g/mol. The Morgan fingerprint density at radius 1 is 1.03 bits per heavy atom. The molecular weight excluding hydrogens is 444 g/mol. The molecule has 0 saturated carbocycles. The predicted octanol–water partition coefficient (Wildman–Crippen LogP) is 4.01. The number of anilines is 3. The van der Waals surface area contributed by atoms with E-state index in [-0.39, 0.29) is 5.91 Å². The van der Waals surface area contributed by atoms with E-state index in [4.69, 9.17) is 0 Å². The number of amides is 1. The van der Waals surface area contributed by atoms with Gasteiger partial charge in [0, 0.05) is 29.0 Å². The van der Waals surface area contributed by atoms with Gasteiger partial charge in [-0.2, -0.15) is 10.6 Å². The lowest BCUT2D eigenvalue weighted by atomic mass is 10.00. The van der Waals surface area contributed by atoms with Gasteiger partial charge >= 0.3 is 0 Å². The van der Waals surface area contributed by atoms with Gasteiger partial charge in [0.05, 0.1) is 11.9 Å². The Kier molecular flexibility index (Phi) is 6.35. The average Bonchev–Trinajstić information content (AvgIpc) is 3.61. The summed E-state index contributed by atoms with van der Waals surface area (Å²) in [5.41, 5.74) is 7.71. The highest BCUT2D eigenvalue weighted by molar-refractivity contribution is 6.03. The number of aliphatic hydroxyl groups is 1. The molecule has 4 aromatic rings. The van der Waals surface area contributed by atoms with Gasteiger partial charge in [-0.1, -0.05) is 53.8 Å². The fraction of sp³-hybridized carbons (Fsp3) is 0.120. The molecule has 10 nitrogen and oxygen atoms in total. The second kappa shape index (κ2) is 10.1. The van der Waals surface area contributed by atoms with Crippen molar-refractivity contribution in [2.45, 2.75) is 12.6 Å². The zero-order valence-corrected chi connectivity index (χ0v) is 18.7. The molecule has 10 heteroatoms. The second-order valence-electron chi connectivity index (χ2n) is 7.94. The van der Waals surface area contributed by atoms with E-state index < -0.39 is 6.10 Å². The highest BCUT2D eigenvalue weighted by atomic mass is 16.3. The number of para-hydroxylation sites is 1. The van der Waals surface area contributed by atoms with Crippen LogP contribution >= 0.6 is 0 Å². The van der Waals surface area contributed by atoms with E-state index >= 15 is 0 Å². The molecule has 1 aliphatic rings. The number of hydrogen-bond acceptors (Lipinski definition) is 8. The minimum absolute atomic E-state index is 0.297. The quantitative estimate of drug-likeness (QED) is 0.266. The van der Waals surface area contributed by atoms with Crippen molar-refractivity contribution < 1.29 is 9.90 Å². The van der Waals surface area contributed by atoms with Crippen LogP contribution in [-0.4, -0.2) is 27.9 Å². The number of rotatable bonds is 8. The Hall–Kier alpha value is -4.70. The van der Waals surface area contributed by atoms with Crippen LogP contribution in [0.4, 0.5) is 17.1 Å². The highest BCUT2D eigenvalue weighted by Crippen LogP contribution is 2.28. The van der Waals surface area contributed by atoms with Gasteiger partial charge in [-0.05, 0) is 35.9 Å². The summed E-state index contributed by atoms with van der Waals surface area (Å²) < 4.78 is 0. The first-order valence-electron chi connectivity index (χ1n) is 11.1. The first-order valence-corrected chi connectivity index (χ1v) is 11.1. The van der Waals surface area contributed by atoms with Crippen molar-refractivity contribution >= 4 is 23.0 Å². The summed E-state index contributed by atoms with van der Waals surface area (Å²) in [5, 5.41) is 33.3. The summed E-state index contributed by atoms with van der Waals surface area (Å²) >= 11 is 0. The van der Waals surface area contributed by atoms with Crippen LogP contribution in [0.1, 0.15) is 33.3 Å². The molecule has 5 N–H and O–H groups in total. The summed E-state index contributed by atoms with van der Waals surface area (Å²) in [5.74, 6) is -0.297. The van der Waals surface area contributed by atoms with Crippen molar-refractivity contribution in [2.75, 3.05) is 22.3 Å². The van der Waals surface area contributed by atoms with Crippen LogP contribution < -0.4 is 21.2 Å². The zero-order chi connectivity index (χ0) is 24.0. The SMILES string of the molecule is O=C(Nc1ccc(N2CN=NN2)cc1)c1[nH]ncc1CNc1ccccc1C(O)c1ccccc1. The van der Waals surface area contributed by atoms with Gasteiger partial charge in [0.2, 0.25) is 0 Å². The van der Waals surface area contributed by atoms with E-state index in [1.54, 1.807) is 11.2 Å². The molecule has 0 fully saturated rings. The standard InChI is InChI=1S/C25H24N8O2/c34-24(17-6-2-1-3-7-17)21-8-4-5-9-22(21)26-14-18-15-27-30-23(18)25(35)29-19-10-12-20(13-11-19)33-16-28-31-32-33/h1-13,15,24,26,34H,14,16H2,(H,27,30)(H,28,32)(H,29,35). The van der Waals surface area contributed by atoms with Crippen molar-refractivity contribution in [3.63, 3.8) is 0 Å². The van der Waals surface area contributed by atoms with Crippen molar-refractivity contribution in [1.29, 1.82) is 0 Å². The number of aliphatic hydroxyl groups excluding tert-OH is 1. The number of hydrazine groups is 1. The summed E-state index contributed by atoms with van der Waals surface area (Å²) in [6.45, 7) is 0.784. The van der Waals surface area contributed by atoms with E-state index in [1.165, 1.54) is 0 Å². The minimum Gasteiger partial charge on any atom is -0.384 e.